The van der Waals surface area contributed by atoms with E-state index in [1.54, 1.807) is 11.6 Å². The lowest BCUT2D eigenvalue weighted by atomic mass is 9.87. The van der Waals surface area contributed by atoms with Crippen LogP contribution >= 0.6 is 0 Å². The summed E-state index contributed by atoms with van der Waals surface area (Å²) in [6.45, 7) is 2.07. The van der Waals surface area contributed by atoms with E-state index in [9.17, 15) is 9.59 Å². The van der Waals surface area contributed by atoms with Crippen molar-refractivity contribution in [3.63, 3.8) is 0 Å². The Labute approximate surface area is 182 Å². The van der Waals surface area contributed by atoms with Crippen molar-refractivity contribution in [3.05, 3.63) is 106 Å². The Morgan fingerprint density at radius 3 is 2.32 bits per heavy atom. The molecule has 0 fully saturated rings. The molecule has 3 heteroatoms. The second-order valence-corrected chi connectivity index (χ2v) is 7.86. The van der Waals surface area contributed by atoms with E-state index in [1.165, 1.54) is 11.1 Å². The summed E-state index contributed by atoms with van der Waals surface area (Å²) < 4.78 is 1.60. The van der Waals surface area contributed by atoms with Crippen molar-refractivity contribution in [1.29, 1.82) is 0 Å². The quantitative estimate of drug-likeness (QED) is 0.352. The lowest BCUT2D eigenvalue weighted by molar-refractivity contribution is -0.113. The molecule has 0 aliphatic carbocycles. The Kier molecular flexibility index (Phi) is 5.56. The van der Waals surface area contributed by atoms with E-state index in [2.05, 4.69) is 43.2 Å². The Morgan fingerprint density at radius 1 is 0.935 bits per heavy atom. The first kappa shape index (κ1) is 20.4. The van der Waals surface area contributed by atoms with Gasteiger partial charge in [-0.3, -0.25) is 9.59 Å². The zero-order chi connectivity index (χ0) is 22.0. The molecular formula is C28H23NO2. The van der Waals surface area contributed by atoms with Gasteiger partial charge >= 0.3 is 0 Å². The van der Waals surface area contributed by atoms with E-state index >= 15 is 0 Å². The molecule has 4 rings (SSSR count). The molecule has 0 aliphatic rings. The summed E-state index contributed by atoms with van der Waals surface area (Å²) in [6, 6.07) is 22.0. The van der Waals surface area contributed by atoms with Crippen molar-refractivity contribution in [3.8, 4) is 23.5 Å². The fraction of sp³-hybridized carbons (Fsp3) is 0.143. The number of pyridine rings is 1. The molecule has 3 aromatic carbocycles. The van der Waals surface area contributed by atoms with Gasteiger partial charge in [0.05, 0.1) is 0 Å². The monoisotopic (exact) mass is 405 g/mol. The van der Waals surface area contributed by atoms with Gasteiger partial charge in [-0.05, 0) is 53.0 Å². The van der Waals surface area contributed by atoms with Crippen LogP contribution in [0.2, 0.25) is 0 Å². The van der Waals surface area contributed by atoms with Gasteiger partial charge in [0.15, 0.2) is 0 Å². The number of carbonyl (C=O) groups excluding carboxylic acids is 1. The molecule has 0 atom stereocenters. The molecule has 0 aliphatic heterocycles. The summed E-state index contributed by atoms with van der Waals surface area (Å²) in [5.74, 6) is 1.97. The maximum atomic E-state index is 12.7. The van der Waals surface area contributed by atoms with Crippen molar-refractivity contribution in [2.75, 3.05) is 0 Å². The predicted octanol–water partition coefficient (Wildman–Crippen LogP) is 4.85. The molecule has 0 amide bonds. The Balaban J connectivity index is 1.99. The normalized spacial score (nSPS) is 10.7. The summed E-state index contributed by atoms with van der Waals surface area (Å²) in [7, 11) is 1.76. The Bertz CT molecular complexity index is 1390. The fourth-order valence-corrected chi connectivity index (χ4v) is 4.06. The minimum absolute atomic E-state index is 0.0448. The fourth-order valence-electron chi connectivity index (χ4n) is 4.06. The van der Waals surface area contributed by atoms with Crippen LogP contribution in [0, 0.1) is 19.3 Å². The van der Waals surface area contributed by atoms with Crippen LogP contribution in [0.4, 0.5) is 0 Å². The molecule has 1 aromatic heterocycles. The van der Waals surface area contributed by atoms with E-state index in [1.807, 2.05) is 42.6 Å². The van der Waals surface area contributed by atoms with Gasteiger partial charge in [-0.1, -0.05) is 66.2 Å². The van der Waals surface area contributed by atoms with E-state index in [-0.39, 0.29) is 17.8 Å². The highest BCUT2D eigenvalue weighted by atomic mass is 16.1. The Hall–Kier alpha value is -3.90. The van der Waals surface area contributed by atoms with Crippen LogP contribution in [0.25, 0.3) is 21.9 Å². The summed E-state index contributed by atoms with van der Waals surface area (Å²) in [6.07, 6.45) is 8.11. The number of fused-ring (bicyclic) bond motifs is 1. The summed E-state index contributed by atoms with van der Waals surface area (Å²) in [5.41, 5.74) is 6.21. The third-order valence-electron chi connectivity index (χ3n) is 5.62. The van der Waals surface area contributed by atoms with Crippen molar-refractivity contribution in [2.45, 2.75) is 19.8 Å². The standard InChI is InChI=1S/C28H23NO2/c1-4-23(30)17-22-9-7-8-21(16-20-14-12-19(2)13-15-20)27(22)26-18-29(3)28(31)25-11-6-5-10-24(25)26/h1,5-15,18H,16-17H2,2-3H3. The molecule has 0 N–H and O–H groups in total. The highest BCUT2D eigenvalue weighted by molar-refractivity contribution is 6.01. The van der Waals surface area contributed by atoms with Gasteiger partial charge in [-0.15, -0.1) is 6.42 Å². The number of hydrogen-bond acceptors (Lipinski definition) is 2. The number of aromatic nitrogens is 1. The lowest BCUT2D eigenvalue weighted by Gasteiger charge is -2.18. The van der Waals surface area contributed by atoms with E-state index in [4.69, 9.17) is 6.42 Å². The SMILES string of the molecule is C#CC(=O)Cc1cccc(Cc2ccc(C)cc2)c1-c1cn(C)c(=O)c2ccccc12. The molecule has 0 bridgehead atoms. The second-order valence-electron chi connectivity index (χ2n) is 7.86. The number of rotatable bonds is 5. The molecule has 31 heavy (non-hydrogen) atoms. The van der Waals surface area contributed by atoms with Crippen LogP contribution in [-0.4, -0.2) is 10.4 Å². The molecule has 152 valence electrons. The third kappa shape index (κ3) is 4.06. The van der Waals surface area contributed by atoms with Crippen molar-refractivity contribution in [1.82, 2.24) is 4.57 Å². The average Bonchev–Trinajstić information content (AvgIpc) is 2.78. The minimum Gasteiger partial charge on any atom is -0.317 e. The molecule has 0 radical (unpaired) electrons. The molecule has 0 spiro atoms. The number of hydrogen-bond donors (Lipinski definition) is 0. The zero-order valence-electron chi connectivity index (χ0n) is 17.7. The molecule has 0 saturated heterocycles. The molecule has 1 heterocycles. The second kappa shape index (κ2) is 8.45. The highest BCUT2D eigenvalue weighted by Gasteiger charge is 2.17. The maximum absolute atomic E-state index is 12.7. The van der Waals surface area contributed by atoms with Gasteiger partial charge in [0.1, 0.15) is 0 Å². The summed E-state index contributed by atoms with van der Waals surface area (Å²) in [4.78, 5) is 24.9. The van der Waals surface area contributed by atoms with Crippen molar-refractivity contribution >= 4 is 16.6 Å². The topological polar surface area (TPSA) is 39.1 Å². The smallest absolute Gasteiger partial charge is 0.258 e. The van der Waals surface area contributed by atoms with Crippen LogP contribution in [0.1, 0.15) is 22.3 Å². The zero-order valence-corrected chi connectivity index (χ0v) is 17.7. The van der Waals surface area contributed by atoms with E-state index in [0.29, 0.717) is 11.8 Å². The van der Waals surface area contributed by atoms with E-state index in [0.717, 1.165) is 27.6 Å². The number of aryl methyl sites for hydroxylation is 2. The van der Waals surface area contributed by atoms with Gasteiger partial charge in [0.25, 0.3) is 5.56 Å². The van der Waals surface area contributed by atoms with Gasteiger partial charge < -0.3 is 4.57 Å². The number of ketones is 1. The van der Waals surface area contributed by atoms with Crippen LogP contribution in [-0.2, 0) is 24.7 Å². The molecule has 3 nitrogen and oxygen atoms in total. The van der Waals surface area contributed by atoms with Crippen LogP contribution in [0.5, 0.6) is 0 Å². The first-order valence-electron chi connectivity index (χ1n) is 10.2. The molecule has 4 aromatic rings. The number of carbonyl (C=O) groups is 1. The molecule has 0 saturated carbocycles. The number of Topliss-reactive ketones (excluding diaryl/α,β-unsaturated/α-hetero) is 1. The molecule has 0 unspecified atom stereocenters. The average molecular weight is 405 g/mol. The van der Waals surface area contributed by atoms with Gasteiger partial charge in [-0.25, -0.2) is 0 Å². The summed E-state index contributed by atoms with van der Waals surface area (Å²) >= 11 is 0. The third-order valence-corrected chi connectivity index (χ3v) is 5.62. The number of benzene rings is 3. The van der Waals surface area contributed by atoms with Crippen molar-refractivity contribution in [2.24, 2.45) is 7.05 Å². The van der Waals surface area contributed by atoms with Crippen LogP contribution in [0.15, 0.2) is 77.7 Å². The number of terminal acetylenes is 1. The first-order valence-corrected chi connectivity index (χ1v) is 10.2. The van der Waals surface area contributed by atoms with Crippen LogP contribution in [0.3, 0.4) is 0 Å². The lowest BCUT2D eigenvalue weighted by Crippen LogP contribution is -2.17. The van der Waals surface area contributed by atoms with Gasteiger partial charge in [0, 0.05) is 30.6 Å². The maximum Gasteiger partial charge on any atom is 0.258 e. The Morgan fingerprint density at radius 2 is 1.61 bits per heavy atom. The number of nitrogens with zero attached hydrogens (tertiary/aromatic N) is 1. The summed E-state index contributed by atoms with van der Waals surface area (Å²) in [5, 5.41) is 1.53. The first-order chi connectivity index (χ1) is 15.0. The van der Waals surface area contributed by atoms with Crippen LogP contribution < -0.4 is 5.56 Å². The predicted molar refractivity (Wildman–Crippen MR) is 126 cm³/mol. The van der Waals surface area contributed by atoms with E-state index < -0.39 is 0 Å². The van der Waals surface area contributed by atoms with Gasteiger partial charge in [-0.2, -0.15) is 0 Å². The largest absolute Gasteiger partial charge is 0.317 e. The minimum atomic E-state index is -0.261. The van der Waals surface area contributed by atoms with Crippen molar-refractivity contribution < 1.29 is 4.79 Å². The molecular weight excluding hydrogens is 382 g/mol. The highest BCUT2D eigenvalue weighted by Crippen LogP contribution is 2.34. The van der Waals surface area contributed by atoms with Gasteiger partial charge in [0.2, 0.25) is 5.78 Å².